The summed E-state index contributed by atoms with van der Waals surface area (Å²) >= 11 is 5.94. The molecule has 1 fully saturated rings. The summed E-state index contributed by atoms with van der Waals surface area (Å²) in [6, 6.07) is 5.21. The van der Waals surface area contributed by atoms with Gasteiger partial charge >= 0.3 is 0 Å². The number of piperidine rings is 1. The van der Waals surface area contributed by atoms with Crippen LogP contribution >= 0.6 is 11.6 Å². The van der Waals surface area contributed by atoms with E-state index in [0.29, 0.717) is 40.3 Å². The molecule has 0 amide bonds. The van der Waals surface area contributed by atoms with E-state index >= 15 is 0 Å². The first kappa shape index (κ1) is 17.4. The van der Waals surface area contributed by atoms with Crippen molar-refractivity contribution in [2.75, 3.05) is 19.7 Å². The first-order chi connectivity index (χ1) is 11.5. The molecule has 24 heavy (non-hydrogen) atoms. The van der Waals surface area contributed by atoms with Crippen molar-refractivity contribution in [1.29, 1.82) is 0 Å². The molecular formula is C18H24ClN3O2. The molecule has 0 bridgehead atoms. The van der Waals surface area contributed by atoms with E-state index in [-0.39, 0.29) is 5.56 Å². The van der Waals surface area contributed by atoms with E-state index in [2.05, 4.69) is 28.7 Å². The highest BCUT2D eigenvalue weighted by Crippen LogP contribution is 2.18. The van der Waals surface area contributed by atoms with Gasteiger partial charge in [0.05, 0.1) is 23.6 Å². The van der Waals surface area contributed by atoms with Gasteiger partial charge in [0.15, 0.2) is 0 Å². The van der Waals surface area contributed by atoms with Crippen LogP contribution in [0.25, 0.3) is 10.9 Å². The van der Waals surface area contributed by atoms with E-state index < -0.39 is 0 Å². The zero-order chi connectivity index (χ0) is 17.1. The predicted octanol–water partition coefficient (Wildman–Crippen LogP) is 3.21. The average molecular weight is 350 g/mol. The Morgan fingerprint density at radius 2 is 2.12 bits per heavy atom. The molecule has 0 atom stereocenters. The smallest absolute Gasteiger partial charge is 0.258 e. The molecule has 1 aliphatic rings. The summed E-state index contributed by atoms with van der Waals surface area (Å²) in [6.45, 7) is 7.75. The number of nitrogens with zero attached hydrogens (tertiary/aromatic N) is 2. The highest BCUT2D eigenvalue weighted by molar-refractivity contribution is 6.31. The van der Waals surface area contributed by atoms with Crippen LogP contribution in [0.3, 0.4) is 0 Å². The largest absolute Gasteiger partial charge is 0.378 e. The molecule has 5 nitrogen and oxygen atoms in total. The van der Waals surface area contributed by atoms with Gasteiger partial charge in [-0.05, 0) is 37.0 Å². The first-order valence-corrected chi connectivity index (χ1v) is 8.91. The van der Waals surface area contributed by atoms with Gasteiger partial charge < -0.3 is 9.72 Å². The lowest BCUT2D eigenvalue weighted by Gasteiger charge is -2.31. The SMILES string of the molecule is CC(C)COC1CCN(Cc2nc3ccc(Cl)cc3c(=O)[nH]2)CC1. The first-order valence-electron chi connectivity index (χ1n) is 8.53. The molecule has 3 rings (SSSR count). The summed E-state index contributed by atoms with van der Waals surface area (Å²) < 4.78 is 5.92. The number of hydrogen-bond donors (Lipinski definition) is 1. The highest BCUT2D eigenvalue weighted by Gasteiger charge is 2.20. The number of nitrogens with one attached hydrogen (secondary N) is 1. The zero-order valence-electron chi connectivity index (χ0n) is 14.2. The van der Waals surface area contributed by atoms with Crippen molar-refractivity contribution in [2.45, 2.75) is 39.3 Å². The van der Waals surface area contributed by atoms with Crippen molar-refractivity contribution in [3.63, 3.8) is 0 Å². The Hall–Kier alpha value is -1.43. The van der Waals surface area contributed by atoms with Gasteiger partial charge in [-0.25, -0.2) is 4.98 Å². The lowest BCUT2D eigenvalue weighted by molar-refractivity contribution is -0.00624. The Bertz CT molecular complexity index is 752. The van der Waals surface area contributed by atoms with Gasteiger partial charge in [0.2, 0.25) is 0 Å². The van der Waals surface area contributed by atoms with Crippen LogP contribution in [0.4, 0.5) is 0 Å². The maximum absolute atomic E-state index is 12.2. The quantitative estimate of drug-likeness (QED) is 0.900. The number of H-pyrrole nitrogens is 1. The fraction of sp³-hybridized carbons (Fsp3) is 0.556. The van der Waals surface area contributed by atoms with Crippen LogP contribution in [0.1, 0.15) is 32.5 Å². The Labute approximate surface area is 147 Å². The van der Waals surface area contributed by atoms with Crippen LogP contribution in [0.5, 0.6) is 0 Å². The third-order valence-corrected chi connectivity index (χ3v) is 4.52. The van der Waals surface area contributed by atoms with Crippen LogP contribution in [0.15, 0.2) is 23.0 Å². The summed E-state index contributed by atoms with van der Waals surface area (Å²) in [7, 11) is 0. The minimum absolute atomic E-state index is 0.132. The maximum atomic E-state index is 12.2. The van der Waals surface area contributed by atoms with E-state index in [1.54, 1.807) is 18.2 Å². The van der Waals surface area contributed by atoms with Crippen molar-refractivity contribution in [3.8, 4) is 0 Å². The normalized spacial score (nSPS) is 17.0. The molecule has 130 valence electrons. The molecule has 0 unspecified atom stereocenters. The van der Waals surface area contributed by atoms with Crippen molar-refractivity contribution in [3.05, 3.63) is 39.4 Å². The van der Waals surface area contributed by atoms with Crippen molar-refractivity contribution in [1.82, 2.24) is 14.9 Å². The van der Waals surface area contributed by atoms with Crippen molar-refractivity contribution >= 4 is 22.5 Å². The molecule has 0 radical (unpaired) electrons. The molecule has 6 heteroatoms. The van der Waals surface area contributed by atoms with Gasteiger partial charge in [-0.3, -0.25) is 9.69 Å². The Morgan fingerprint density at radius 1 is 1.38 bits per heavy atom. The summed E-state index contributed by atoms with van der Waals surface area (Å²) in [5, 5.41) is 1.08. The molecule has 2 heterocycles. The van der Waals surface area contributed by atoms with Gasteiger partial charge in [0.1, 0.15) is 5.82 Å². The molecule has 0 spiro atoms. The number of hydrogen-bond acceptors (Lipinski definition) is 4. The minimum Gasteiger partial charge on any atom is -0.378 e. The number of halogens is 1. The summed E-state index contributed by atoms with van der Waals surface area (Å²) in [5.41, 5.74) is 0.556. The van der Waals surface area contributed by atoms with Crippen LogP contribution < -0.4 is 5.56 Å². The fourth-order valence-corrected chi connectivity index (χ4v) is 3.18. The molecule has 1 N–H and O–H groups in total. The minimum atomic E-state index is -0.132. The van der Waals surface area contributed by atoms with Gasteiger partial charge in [0, 0.05) is 24.7 Å². The predicted molar refractivity (Wildman–Crippen MR) is 96.5 cm³/mol. The topological polar surface area (TPSA) is 58.2 Å². The van der Waals surface area contributed by atoms with Crippen molar-refractivity contribution < 1.29 is 4.74 Å². The van der Waals surface area contributed by atoms with E-state index in [1.165, 1.54) is 0 Å². The van der Waals surface area contributed by atoms with Crippen LogP contribution in [-0.4, -0.2) is 40.7 Å². The Balaban J connectivity index is 1.62. The molecule has 0 saturated carbocycles. The van der Waals surface area contributed by atoms with E-state index in [0.717, 1.165) is 32.5 Å². The van der Waals surface area contributed by atoms with Crippen molar-refractivity contribution in [2.24, 2.45) is 5.92 Å². The van der Waals surface area contributed by atoms with E-state index in [4.69, 9.17) is 16.3 Å². The lowest BCUT2D eigenvalue weighted by Crippen LogP contribution is -2.37. The van der Waals surface area contributed by atoms with Gasteiger partial charge in [-0.15, -0.1) is 0 Å². The number of aromatic nitrogens is 2. The number of fused-ring (bicyclic) bond motifs is 1. The summed E-state index contributed by atoms with van der Waals surface area (Å²) in [4.78, 5) is 22.0. The Kier molecular flexibility index (Phi) is 5.54. The molecule has 0 aliphatic carbocycles. The van der Waals surface area contributed by atoms with Gasteiger partial charge in [-0.2, -0.15) is 0 Å². The molecule has 2 aromatic rings. The molecule has 1 aliphatic heterocycles. The van der Waals surface area contributed by atoms with E-state index in [9.17, 15) is 4.79 Å². The zero-order valence-corrected chi connectivity index (χ0v) is 15.0. The van der Waals surface area contributed by atoms with Crippen LogP contribution in [0.2, 0.25) is 5.02 Å². The number of benzene rings is 1. The second-order valence-electron chi connectivity index (χ2n) is 6.88. The number of likely N-dealkylation sites (tertiary alicyclic amines) is 1. The number of aromatic amines is 1. The summed E-state index contributed by atoms with van der Waals surface area (Å²) in [6.07, 6.45) is 2.41. The molecule has 1 saturated heterocycles. The maximum Gasteiger partial charge on any atom is 0.258 e. The highest BCUT2D eigenvalue weighted by atomic mass is 35.5. The number of rotatable bonds is 5. The lowest BCUT2D eigenvalue weighted by atomic mass is 10.1. The van der Waals surface area contributed by atoms with Crippen LogP contribution in [-0.2, 0) is 11.3 Å². The second-order valence-corrected chi connectivity index (χ2v) is 7.31. The van der Waals surface area contributed by atoms with Crippen LogP contribution in [0, 0.1) is 5.92 Å². The molecular weight excluding hydrogens is 326 g/mol. The number of ether oxygens (including phenoxy) is 1. The molecule has 1 aromatic heterocycles. The third kappa shape index (κ3) is 4.35. The van der Waals surface area contributed by atoms with E-state index in [1.807, 2.05) is 0 Å². The Morgan fingerprint density at radius 3 is 2.83 bits per heavy atom. The molecule has 1 aromatic carbocycles. The second kappa shape index (κ2) is 7.64. The monoisotopic (exact) mass is 349 g/mol. The summed E-state index contributed by atoms with van der Waals surface area (Å²) in [5.74, 6) is 1.28. The van der Waals surface area contributed by atoms with Gasteiger partial charge in [-0.1, -0.05) is 25.4 Å². The fourth-order valence-electron chi connectivity index (χ4n) is 3.01. The van der Waals surface area contributed by atoms with Gasteiger partial charge in [0.25, 0.3) is 5.56 Å². The third-order valence-electron chi connectivity index (χ3n) is 4.29. The standard InChI is InChI=1S/C18H24ClN3O2/c1-12(2)11-24-14-5-7-22(8-6-14)10-17-20-16-4-3-13(19)9-15(16)18(23)21-17/h3-4,9,12,14H,5-8,10-11H2,1-2H3,(H,20,21,23). The average Bonchev–Trinajstić information content (AvgIpc) is 2.55.